The maximum absolute atomic E-state index is 12.6. The van der Waals surface area contributed by atoms with Crippen LogP contribution in [-0.4, -0.2) is 42.2 Å². The molecule has 0 aliphatic carbocycles. The van der Waals surface area contributed by atoms with Gasteiger partial charge in [-0.15, -0.1) is 11.3 Å². The Labute approximate surface area is 168 Å². The van der Waals surface area contributed by atoms with E-state index in [2.05, 4.69) is 20.2 Å². The minimum absolute atomic E-state index is 0.197. The standard InChI is InChI=1S/C21H22N4O2S/c1-14-3-4-17(15(2)11-14)23-20(26)18-13-28-21(24-18)16-5-6-22-19(12-16)25-7-9-27-10-8-25/h3-6,11-13H,7-10H2,1-2H3,(H,23,26). The van der Waals surface area contributed by atoms with Crippen molar-refractivity contribution in [2.75, 3.05) is 36.5 Å². The molecule has 144 valence electrons. The van der Waals surface area contributed by atoms with E-state index < -0.39 is 0 Å². The molecule has 1 aromatic carbocycles. The van der Waals surface area contributed by atoms with Gasteiger partial charge in [0.05, 0.1) is 13.2 Å². The number of carbonyl (C=O) groups excluding carboxylic acids is 1. The molecule has 0 unspecified atom stereocenters. The molecule has 28 heavy (non-hydrogen) atoms. The number of amides is 1. The van der Waals surface area contributed by atoms with Crippen LogP contribution in [0.1, 0.15) is 21.6 Å². The van der Waals surface area contributed by atoms with Crippen molar-refractivity contribution in [3.63, 3.8) is 0 Å². The van der Waals surface area contributed by atoms with Crippen LogP contribution in [0.25, 0.3) is 10.6 Å². The van der Waals surface area contributed by atoms with Crippen molar-refractivity contribution in [3.8, 4) is 10.6 Å². The minimum atomic E-state index is -0.197. The van der Waals surface area contributed by atoms with Crippen molar-refractivity contribution in [1.29, 1.82) is 0 Å². The summed E-state index contributed by atoms with van der Waals surface area (Å²) in [6.45, 7) is 7.11. The molecule has 1 saturated heterocycles. The van der Waals surface area contributed by atoms with E-state index in [-0.39, 0.29) is 5.91 Å². The second-order valence-electron chi connectivity index (χ2n) is 6.81. The molecule has 0 atom stereocenters. The van der Waals surface area contributed by atoms with Crippen LogP contribution in [0.2, 0.25) is 0 Å². The summed E-state index contributed by atoms with van der Waals surface area (Å²) in [5, 5.41) is 5.56. The zero-order chi connectivity index (χ0) is 19.5. The number of aromatic nitrogens is 2. The molecular formula is C21H22N4O2S. The lowest BCUT2D eigenvalue weighted by molar-refractivity contribution is 0.102. The van der Waals surface area contributed by atoms with Crippen molar-refractivity contribution < 1.29 is 9.53 Å². The van der Waals surface area contributed by atoms with E-state index in [0.29, 0.717) is 18.9 Å². The zero-order valence-corrected chi connectivity index (χ0v) is 16.8. The second kappa shape index (κ2) is 8.08. The molecule has 2 aromatic heterocycles. The van der Waals surface area contributed by atoms with E-state index in [1.807, 2.05) is 44.2 Å². The number of hydrogen-bond acceptors (Lipinski definition) is 6. The highest BCUT2D eigenvalue weighted by atomic mass is 32.1. The molecule has 1 fully saturated rings. The van der Waals surface area contributed by atoms with Gasteiger partial charge < -0.3 is 15.0 Å². The maximum Gasteiger partial charge on any atom is 0.275 e. The lowest BCUT2D eigenvalue weighted by atomic mass is 10.1. The molecule has 1 amide bonds. The summed E-state index contributed by atoms with van der Waals surface area (Å²) in [4.78, 5) is 23.8. The molecule has 1 aliphatic rings. The number of rotatable bonds is 4. The SMILES string of the molecule is Cc1ccc(NC(=O)c2csc(-c3ccnc(N4CCOCC4)c3)n2)c(C)c1. The number of nitrogens with one attached hydrogen (secondary N) is 1. The molecule has 7 heteroatoms. The molecule has 3 aromatic rings. The Hall–Kier alpha value is -2.77. The van der Waals surface area contributed by atoms with E-state index in [9.17, 15) is 4.79 Å². The molecule has 3 heterocycles. The third-order valence-electron chi connectivity index (χ3n) is 4.69. The lowest BCUT2D eigenvalue weighted by Crippen LogP contribution is -2.36. The number of anilines is 2. The number of benzene rings is 1. The summed E-state index contributed by atoms with van der Waals surface area (Å²) in [5.74, 6) is 0.717. The number of thiazole rings is 1. The monoisotopic (exact) mass is 394 g/mol. The topological polar surface area (TPSA) is 67.4 Å². The van der Waals surface area contributed by atoms with Gasteiger partial charge in [0, 0.05) is 35.9 Å². The zero-order valence-electron chi connectivity index (χ0n) is 15.9. The van der Waals surface area contributed by atoms with Gasteiger partial charge in [0.15, 0.2) is 0 Å². The fraction of sp³-hybridized carbons (Fsp3) is 0.286. The van der Waals surface area contributed by atoms with Gasteiger partial charge in [-0.25, -0.2) is 9.97 Å². The highest BCUT2D eigenvalue weighted by molar-refractivity contribution is 7.13. The van der Waals surface area contributed by atoms with E-state index in [1.54, 1.807) is 11.6 Å². The average Bonchev–Trinajstić information content (AvgIpc) is 3.21. The van der Waals surface area contributed by atoms with Gasteiger partial charge in [-0.3, -0.25) is 4.79 Å². The van der Waals surface area contributed by atoms with Gasteiger partial charge in [-0.1, -0.05) is 17.7 Å². The Morgan fingerprint density at radius 1 is 1.18 bits per heavy atom. The van der Waals surface area contributed by atoms with Gasteiger partial charge >= 0.3 is 0 Å². The van der Waals surface area contributed by atoms with Crippen LogP contribution in [0.4, 0.5) is 11.5 Å². The Morgan fingerprint density at radius 2 is 2.00 bits per heavy atom. The Kier molecular flexibility index (Phi) is 5.36. The number of hydrogen-bond donors (Lipinski definition) is 1. The van der Waals surface area contributed by atoms with Crippen LogP contribution < -0.4 is 10.2 Å². The van der Waals surface area contributed by atoms with Crippen molar-refractivity contribution >= 4 is 28.7 Å². The number of aryl methyl sites for hydroxylation is 2. The molecule has 4 rings (SSSR count). The molecule has 0 bridgehead atoms. The van der Waals surface area contributed by atoms with Crippen LogP contribution in [0.15, 0.2) is 41.9 Å². The van der Waals surface area contributed by atoms with E-state index in [0.717, 1.165) is 40.7 Å². The number of ether oxygens (including phenoxy) is 1. The van der Waals surface area contributed by atoms with Crippen molar-refractivity contribution in [3.05, 3.63) is 58.7 Å². The lowest BCUT2D eigenvalue weighted by Gasteiger charge is -2.27. The number of morpholine rings is 1. The van der Waals surface area contributed by atoms with E-state index in [4.69, 9.17) is 4.74 Å². The molecule has 0 radical (unpaired) electrons. The molecular weight excluding hydrogens is 372 g/mol. The smallest absolute Gasteiger partial charge is 0.275 e. The highest BCUT2D eigenvalue weighted by Crippen LogP contribution is 2.27. The summed E-state index contributed by atoms with van der Waals surface area (Å²) in [6.07, 6.45) is 1.79. The summed E-state index contributed by atoms with van der Waals surface area (Å²) in [6, 6.07) is 9.91. The number of nitrogens with zero attached hydrogens (tertiary/aromatic N) is 3. The Bertz CT molecular complexity index is 996. The van der Waals surface area contributed by atoms with Crippen LogP contribution in [0.3, 0.4) is 0 Å². The summed E-state index contributed by atoms with van der Waals surface area (Å²) >= 11 is 1.46. The first kappa shape index (κ1) is 18.6. The first-order chi connectivity index (χ1) is 13.6. The fourth-order valence-corrected chi connectivity index (χ4v) is 3.96. The second-order valence-corrected chi connectivity index (χ2v) is 7.67. The maximum atomic E-state index is 12.6. The predicted molar refractivity (Wildman–Crippen MR) is 112 cm³/mol. The first-order valence-electron chi connectivity index (χ1n) is 9.23. The summed E-state index contributed by atoms with van der Waals surface area (Å²) in [7, 11) is 0. The van der Waals surface area contributed by atoms with Crippen LogP contribution in [0, 0.1) is 13.8 Å². The third kappa shape index (κ3) is 4.05. The molecule has 0 saturated carbocycles. The Balaban J connectivity index is 1.51. The largest absolute Gasteiger partial charge is 0.378 e. The van der Waals surface area contributed by atoms with Crippen LogP contribution >= 0.6 is 11.3 Å². The van der Waals surface area contributed by atoms with Gasteiger partial charge in [0.1, 0.15) is 16.5 Å². The van der Waals surface area contributed by atoms with Gasteiger partial charge in [0.25, 0.3) is 5.91 Å². The predicted octanol–water partition coefficient (Wildman–Crippen LogP) is 3.91. The molecule has 1 aliphatic heterocycles. The normalized spacial score (nSPS) is 14.1. The number of carbonyl (C=O) groups is 1. The van der Waals surface area contributed by atoms with Crippen LogP contribution in [0.5, 0.6) is 0 Å². The molecule has 0 spiro atoms. The first-order valence-corrected chi connectivity index (χ1v) is 10.1. The van der Waals surface area contributed by atoms with Crippen molar-refractivity contribution in [2.45, 2.75) is 13.8 Å². The van der Waals surface area contributed by atoms with E-state index >= 15 is 0 Å². The summed E-state index contributed by atoms with van der Waals surface area (Å²) < 4.78 is 5.41. The third-order valence-corrected chi connectivity index (χ3v) is 5.59. The summed E-state index contributed by atoms with van der Waals surface area (Å²) in [5.41, 5.74) is 4.40. The van der Waals surface area contributed by atoms with Gasteiger partial charge in [-0.2, -0.15) is 0 Å². The van der Waals surface area contributed by atoms with Gasteiger partial charge in [-0.05, 0) is 37.6 Å². The highest BCUT2D eigenvalue weighted by Gasteiger charge is 2.16. The molecule has 1 N–H and O–H groups in total. The quantitative estimate of drug-likeness (QED) is 0.727. The Morgan fingerprint density at radius 3 is 2.79 bits per heavy atom. The van der Waals surface area contributed by atoms with Crippen LogP contribution in [-0.2, 0) is 4.74 Å². The van der Waals surface area contributed by atoms with E-state index in [1.165, 1.54) is 16.9 Å². The minimum Gasteiger partial charge on any atom is -0.378 e. The van der Waals surface area contributed by atoms with Crippen molar-refractivity contribution in [2.24, 2.45) is 0 Å². The average molecular weight is 395 g/mol. The fourth-order valence-electron chi connectivity index (χ4n) is 3.17. The van der Waals surface area contributed by atoms with Crippen molar-refractivity contribution in [1.82, 2.24) is 9.97 Å². The number of pyridine rings is 1. The molecule has 6 nitrogen and oxygen atoms in total. The van der Waals surface area contributed by atoms with Gasteiger partial charge in [0.2, 0.25) is 0 Å².